The molecule has 3 heterocycles. The van der Waals surface area contributed by atoms with Crippen LogP contribution in [0.4, 0.5) is 5.82 Å². The summed E-state index contributed by atoms with van der Waals surface area (Å²) < 4.78 is 0. The molecule has 3 rings (SSSR count). The van der Waals surface area contributed by atoms with Crippen LogP contribution in [0, 0.1) is 0 Å². The van der Waals surface area contributed by atoms with Crippen LogP contribution in [0.5, 0.6) is 0 Å². The fraction of sp³-hybridized carbons (Fsp3) is 0.429. The molecule has 1 N–H and O–H groups in total. The average Bonchev–Trinajstić information content (AvgIpc) is 2.50. The zero-order chi connectivity index (χ0) is 13.6. The molecule has 1 unspecified atom stereocenters. The van der Waals surface area contributed by atoms with E-state index >= 15 is 0 Å². The second-order valence-corrected chi connectivity index (χ2v) is 5.01. The molecule has 2 aromatic rings. The molecule has 20 heavy (non-hydrogen) atoms. The van der Waals surface area contributed by atoms with Crippen LogP contribution in [-0.2, 0) is 6.54 Å². The van der Waals surface area contributed by atoms with Crippen LogP contribution in [-0.4, -0.2) is 44.0 Å². The predicted molar refractivity (Wildman–Crippen MR) is 76.0 cm³/mol. The average molecular weight is 270 g/mol. The predicted octanol–water partition coefficient (Wildman–Crippen LogP) is 1.34. The first-order valence-electron chi connectivity index (χ1n) is 6.90. The molecule has 1 aliphatic heterocycles. The number of rotatable bonds is 4. The van der Waals surface area contributed by atoms with Crippen LogP contribution < -0.4 is 5.32 Å². The highest BCUT2D eigenvalue weighted by atomic mass is 15.2. The van der Waals surface area contributed by atoms with Gasteiger partial charge in [0, 0.05) is 43.9 Å². The first kappa shape index (κ1) is 12.9. The first-order valence-corrected chi connectivity index (χ1v) is 6.90. The Morgan fingerprint density at radius 3 is 3.00 bits per heavy atom. The van der Waals surface area contributed by atoms with E-state index in [-0.39, 0.29) is 0 Å². The minimum Gasteiger partial charge on any atom is -0.366 e. The molecule has 104 valence electrons. The van der Waals surface area contributed by atoms with Crippen molar-refractivity contribution in [3.05, 3.63) is 42.9 Å². The molecule has 0 radical (unpaired) electrons. The van der Waals surface area contributed by atoms with Crippen LogP contribution in [0.25, 0.3) is 0 Å². The van der Waals surface area contributed by atoms with Gasteiger partial charge in [0.05, 0.1) is 5.69 Å². The quantitative estimate of drug-likeness (QED) is 0.904. The lowest BCUT2D eigenvalue weighted by atomic mass is 10.1. The van der Waals surface area contributed by atoms with Crippen LogP contribution >= 0.6 is 0 Å². The third-order valence-electron chi connectivity index (χ3n) is 3.44. The number of anilines is 1. The second-order valence-electron chi connectivity index (χ2n) is 5.01. The van der Waals surface area contributed by atoms with Gasteiger partial charge in [-0.15, -0.1) is 0 Å². The molecule has 0 amide bonds. The maximum Gasteiger partial charge on any atom is 0.129 e. The summed E-state index contributed by atoms with van der Waals surface area (Å²) in [5.41, 5.74) is 1.02. The minimum absolute atomic E-state index is 0.426. The SMILES string of the molecule is c1cc(NC2CCCN(Cc3cnccn3)C2)ncn1. The Labute approximate surface area is 118 Å². The fourth-order valence-electron chi connectivity index (χ4n) is 2.54. The molecule has 1 fully saturated rings. The van der Waals surface area contributed by atoms with E-state index in [2.05, 4.69) is 30.2 Å². The van der Waals surface area contributed by atoms with Gasteiger partial charge in [0.25, 0.3) is 0 Å². The Kier molecular flexibility index (Phi) is 4.13. The fourth-order valence-corrected chi connectivity index (χ4v) is 2.54. The topological polar surface area (TPSA) is 66.8 Å². The van der Waals surface area contributed by atoms with Gasteiger partial charge in [-0.3, -0.25) is 14.9 Å². The molecule has 0 aliphatic carbocycles. The lowest BCUT2D eigenvalue weighted by Crippen LogP contribution is -2.41. The Morgan fingerprint density at radius 1 is 1.20 bits per heavy atom. The standard InChI is InChI=1S/C14H18N6/c1-2-12(19-14-3-4-16-11-18-14)9-20(7-1)10-13-8-15-5-6-17-13/h3-6,8,11-12H,1-2,7,9-10H2,(H,16,18,19). The van der Waals surface area contributed by atoms with Crippen molar-refractivity contribution in [3.8, 4) is 0 Å². The zero-order valence-electron chi connectivity index (χ0n) is 11.3. The summed E-state index contributed by atoms with van der Waals surface area (Å²) in [7, 11) is 0. The van der Waals surface area contributed by atoms with E-state index in [1.54, 1.807) is 24.9 Å². The van der Waals surface area contributed by atoms with E-state index in [9.17, 15) is 0 Å². The third kappa shape index (κ3) is 3.48. The zero-order valence-corrected chi connectivity index (χ0v) is 11.3. The van der Waals surface area contributed by atoms with Crippen LogP contribution in [0.3, 0.4) is 0 Å². The van der Waals surface area contributed by atoms with Gasteiger partial charge in [-0.1, -0.05) is 0 Å². The molecule has 1 atom stereocenters. The van der Waals surface area contributed by atoms with E-state index in [1.807, 2.05) is 12.3 Å². The van der Waals surface area contributed by atoms with Crippen molar-refractivity contribution in [1.82, 2.24) is 24.8 Å². The highest BCUT2D eigenvalue weighted by Gasteiger charge is 2.20. The molecule has 0 bridgehead atoms. The summed E-state index contributed by atoms with van der Waals surface area (Å²) >= 11 is 0. The monoisotopic (exact) mass is 270 g/mol. The molecule has 0 spiro atoms. The van der Waals surface area contributed by atoms with Crippen LogP contribution in [0.15, 0.2) is 37.2 Å². The lowest BCUT2D eigenvalue weighted by molar-refractivity contribution is 0.206. The lowest BCUT2D eigenvalue weighted by Gasteiger charge is -2.33. The van der Waals surface area contributed by atoms with E-state index in [4.69, 9.17) is 0 Å². The van der Waals surface area contributed by atoms with Gasteiger partial charge in [0.2, 0.25) is 0 Å². The van der Waals surface area contributed by atoms with Crippen molar-refractivity contribution < 1.29 is 0 Å². The van der Waals surface area contributed by atoms with Gasteiger partial charge in [-0.25, -0.2) is 9.97 Å². The smallest absolute Gasteiger partial charge is 0.129 e. The van der Waals surface area contributed by atoms with Crippen molar-refractivity contribution >= 4 is 5.82 Å². The van der Waals surface area contributed by atoms with Gasteiger partial charge in [0.15, 0.2) is 0 Å². The normalized spacial score (nSPS) is 19.7. The summed E-state index contributed by atoms with van der Waals surface area (Å²) in [5.74, 6) is 0.895. The van der Waals surface area contributed by atoms with Crippen molar-refractivity contribution in [2.24, 2.45) is 0 Å². The minimum atomic E-state index is 0.426. The Bertz CT molecular complexity index is 470. The molecule has 1 aliphatic rings. The van der Waals surface area contributed by atoms with E-state index in [0.29, 0.717) is 6.04 Å². The maximum absolute atomic E-state index is 4.34. The number of nitrogens with one attached hydrogen (secondary N) is 1. The summed E-state index contributed by atoms with van der Waals surface area (Å²) in [4.78, 5) is 19.0. The Morgan fingerprint density at radius 2 is 2.20 bits per heavy atom. The molecular formula is C14H18N6. The number of hydrogen-bond acceptors (Lipinski definition) is 6. The largest absolute Gasteiger partial charge is 0.366 e. The molecule has 0 aromatic carbocycles. The third-order valence-corrected chi connectivity index (χ3v) is 3.44. The van der Waals surface area contributed by atoms with Gasteiger partial charge >= 0.3 is 0 Å². The summed E-state index contributed by atoms with van der Waals surface area (Å²) in [6, 6.07) is 2.33. The van der Waals surface area contributed by atoms with E-state index < -0.39 is 0 Å². The molecule has 0 saturated carbocycles. The van der Waals surface area contributed by atoms with Crippen molar-refractivity contribution in [2.45, 2.75) is 25.4 Å². The van der Waals surface area contributed by atoms with Crippen LogP contribution in [0.1, 0.15) is 18.5 Å². The molecule has 6 heteroatoms. The Balaban J connectivity index is 1.57. The number of aromatic nitrogens is 4. The van der Waals surface area contributed by atoms with Gasteiger partial charge in [0.1, 0.15) is 12.1 Å². The van der Waals surface area contributed by atoms with Crippen molar-refractivity contribution in [3.63, 3.8) is 0 Å². The highest BCUT2D eigenvalue weighted by molar-refractivity contribution is 5.33. The van der Waals surface area contributed by atoms with Crippen molar-refractivity contribution in [1.29, 1.82) is 0 Å². The van der Waals surface area contributed by atoms with Gasteiger partial charge in [-0.05, 0) is 25.5 Å². The maximum atomic E-state index is 4.34. The first-order chi connectivity index (χ1) is 9.90. The number of nitrogens with zero attached hydrogens (tertiary/aromatic N) is 5. The number of likely N-dealkylation sites (tertiary alicyclic amines) is 1. The van der Waals surface area contributed by atoms with Gasteiger partial charge in [-0.2, -0.15) is 0 Å². The molecule has 2 aromatic heterocycles. The second kappa shape index (κ2) is 6.38. The van der Waals surface area contributed by atoms with E-state index in [1.165, 1.54) is 12.8 Å². The van der Waals surface area contributed by atoms with E-state index in [0.717, 1.165) is 31.1 Å². The number of hydrogen-bond donors (Lipinski definition) is 1. The summed E-state index contributed by atoms with van der Waals surface area (Å²) in [6.07, 6.45) is 11.0. The molecular weight excluding hydrogens is 252 g/mol. The van der Waals surface area contributed by atoms with Gasteiger partial charge < -0.3 is 5.32 Å². The van der Waals surface area contributed by atoms with Crippen molar-refractivity contribution in [2.75, 3.05) is 18.4 Å². The number of piperidine rings is 1. The summed E-state index contributed by atoms with van der Waals surface area (Å²) in [6.45, 7) is 2.97. The van der Waals surface area contributed by atoms with Crippen LogP contribution in [0.2, 0.25) is 0 Å². The highest BCUT2D eigenvalue weighted by Crippen LogP contribution is 2.15. The Hall–Kier alpha value is -2.08. The molecule has 1 saturated heterocycles. The summed E-state index contributed by atoms with van der Waals surface area (Å²) in [5, 5.41) is 3.47. The molecule has 6 nitrogen and oxygen atoms in total.